The molecular weight excluding hydrogens is 609 g/mol. The highest BCUT2D eigenvalue weighted by Crippen LogP contribution is 2.44. The van der Waals surface area contributed by atoms with E-state index in [1.807, 2.05) is 0 Å². The Kier molecular flexibility index (Phi) is 9.40. The summed E-state index contributed by atoms with van der Waals surface area (Å²) >= 11 is 6.15. The largest absolute Gasteiger partial charge is 0.489 e. The maximum absolute atomic E-state index is 15.4. The van der Waals surface area contributed by atoms with Gasteiger partial charge in [0.05, 0.1) is 28.4 Å². The van der Waals surface area contributed by atoms with Crippen LogP contribution in [0.4, 0.5) is 10.1 Å². The molecule has 45 heavy (non-hydrogen) atoms. The fourth-order valence-corrected chi connectivity index (χ4v) is 6.10. The second kappa shape index (κ2) is 13.1. The number of carbonyl (C=O) groups excluding carboxylic acids is 2. The Hall–Kier alpha value is -4.10. The Labute approximate surface area is 263 Å². The summed E-state index contributed by atoms with van der Waals surface area (Å²) in [5.74, 6) is -2.69. The zero-order valence-corrected chi connectivity index (χ0v) is 25.2. The number of anilines is 1. The molecule has 1 saturated heterocycles. The van der Waals surface area contributed by atoms with Crippen molar-refractivity contribution < 1.29 is 43.9 Å². The second-order valence-corrected chi connectivity index (χ2v) is 11.7. The van der Waals surface area contributed by atoms with Crippen molar-refractivity contribution in [3.63, 3.8) is 0 Å². The first-order valence-corrected chi connectivity index (χ1v) is 14.9. The fourth-order valence-electron chi connectivity index (χ4n) is 5.95. The zero-order chi connectivity index (χ0) is 32.5. The molecule has 0 saturated carbocycles. The average Bonchev–Trinajstić information content (AvgIpc) is 3.00. The molecule has 13 heteroatoms. The highest BCUT2D eigenvalue weighted by Gasteiger charge is 2.54. The summed E-state index contributed by atoms with van der Waals surface area (Å²) < 4.78 is 21.2. The van der Waals surface area contributed by atoms with E-state index in [4.69, 9.17) is 21.4 Å². The summed E-state index contributed by atoms with van der Waals surface area (Å²) in [4.78, 5) is 45.0. The Morgan fingerprint density at radius 1 is 1.18 bits per heavy atom. The summed E-state index contributed by atoms with van der Waals surface area (Å²) in [6.07, 6.45) is -1.03. The molecule has 0 bridgehead atoms. The number of nitrogens with zero attached hydrogens (tertiary/aromatic N) is 3. The lowest BCUT2D eigenvalue weighted by Gasteiger charge is -2.46. The van der Waals surface area contributed by atoms with Crippen molar-refractivity contribution in [1.82, 2.24) is 9.88 Å². The van der Waals surface area contributed by atoms with Gasteiger partial charge in [-0.25, -0.2) is 4.39 Å². The first-order valence-electron chi connectivity index (χ1n) is 14.5. The first kappa shape index (κ1) is 32.3. The summed E-state index contributed by atoms with van der Waals surface area (Å²) in [5.41, 5.74) is -1.13. The van der Waals surface area contributed by atoms with E-state index in [0.717, 1.165) is 0 Å². The number of halogens is 2. The van der Waals surface area contributed by atoms with Crippen LogP contribution in [0.1, 0.15) is 54.8 Å². The highest BCUT2D eigenvalue weighted by molar-refractivity contribution is 6.30. The number of hydrogen-bond acceptors (Lipinski definition) is 8. The number of aliphatic hydroxyl groups excluding tert-OH is 2. The van der Waals surface area contributed by atoms with Gasteiger partial charge >= 0.3 is 5.97 Å². The van der Waals surface area contributed by atoms with Gasteiger partial charge in [-0.3, -0.25) is 19.4 Å². The van der Waals surface area contributed by atoms with Crippen LogP contribution in [0.3, 0.4) is 0 Å². The van der Waals surface area contributed by atoms with E-state index in [0.29, 0.717) is 16.9 Å². The molecule has 3 heterocycles. The minimum Gasteiger partial charge on any atom is -0.489 e. The Balaban J connectivity index is 1.32. The van der Waals surface area contributed by atoms with Crippen LogP contribution in [-0.4, -0.2) is 85.5 Å². The van der Waals surface area contributed by atoms with Gasteiger partial charge in [0, 0.05) is 43.9 Å². The molecule has 0 spiro atoms. The molecule has 2 aromatic carbocycles. The van der Waals surface area contributed by atoms with Crippen LogP contribution in [0.2, 0.25) is 5.02 Å². The lowest BCUT2D eigenvalue weighted by atomic mass is 9.83. The molecule has 1 aromatic heterocycles. The molecule has 11 nitrogen and oxygen atoms in total. The van der Waals surface area contributed by atoms with Crippen LogP contribution in [0.5, 0.6) is 5.75 Å². The van der Waals surface area contributed by atoms with Gasteiger partial charge < -0.3 is 35.0 Å². The first-order chi connectivity index (χ1) is 21.4. The number of ether oxygens (including phenoxy) is 1. The van der Waals surface area contributed by atoms with Crippen molar-refractivity contribution >= 4 is 35.1 Å². The molecule has 5 rings (SSSR count). The van der Waals surface area contributed by atoms with Gasteiger partial charge in [-0.15, -0.1) is 0 Å². The molecule has 2 unspecified atom stereocenters. The van der Waals surface area contributed by atoms with Crippen molar-refractivity contribution in [2.45, 2.75) is 56.5 Å². The van der Waals surface area contributed by atoms with E-state index >= 15 is 4.39 Å². The third-order valence-electron chi connectivity index (χ3n) is 8.22. The third kappa shape index (κ3) is 6.36. The minimum absolute atomic E-state index is 0.0546. The summed E-state index contributed by atoms with van der Waals surface area (Å²) in [5, 5.41) is 40.7. The molecule has 3 atom stereocenters. The molecule has 0 radical (unpaired) electrons. The Morgan fingerprint density at radius 3 is 2.56 bits per heavy atom. The molecule has 3 aromatic rings. The number of aliphatic hydroxyl groups is 3. The minimum atomic E-state index is -2.29. The number of fused-ring (bicyclic) bond motifs is 1. The number of piperidine rings is 1. The molecular formula is C32H33ClFN3O8. The van der Waals surface area contributed by atoms with Crippen LogP contribution < -0.4 is 9.64 Å². The Morgan fingerprint density at radius 2 is 1.89 bits per heavy atom. The van der Waals surface area contributed by atoms with E-state index in [-0.39, 0.29) is 54.3 Å². The lowest BCUT2D eigenvalue weighted by molar-refractivity contribution is -0.156. The van der Waals surface area contributed by atoms with Gasteiger partial charge in [0.15, 0.2) is 5.60 Å². The van der Waals surface area contributed by atoms with Crippen LogP contribution in [0.15, 0.2) is 54.7 Å². The zero-order valence-electron chi connectivity index (χ0n) is 24.4. The van der Waals surface area contributed by atoms with E-state index < -0.39 is 60.5 Å². The third-order valence-corrected chi connectivity index (χ3v) is 8.43. The van der Waals surface area contributed by atoms with Gasteiger partial charge in [-0.2, -0.15) is 0 Å². The van der Waals surface area contributed by atoms with Crippen LogP contribution >= 0.6 is 11.6 Å². The molecule has 1 fully saturated rings. The topological polar surface area (TPSA) is 161 Å². The molecule has 4 N–H and O–H groups in total. The predicted molar refractivity (Wildman–Crippen MR) is 161 cm³/mol. The van der Waals surface area contributed by atoms with Gasteiger partial charge in [0.25, 0.3) is 11.8 Å². The van der Waals surface area contributed by atoms with Crippen LogP contribution in [-0.2, 0) is 9.59 Å². The number of para-hydroxylation sites is 1. The normalized spacial score (nSPS) is 20.9. The second-order valence-electron chi connectivity index (χ2n) is 11.3. The summed E-state index contributed by atoms with van der Waals surface area (Å²) in [6.45, 7) is 1.44. The van der Waals surface area contributed by atoms with Gasteiger partial charge in [-0.05, 0) is 49.6 Å². The SMILES string of the molecule is C[C@H](CC(=O)O)Oc1ccccc1-c1ccc(C(=O)N2CCC(N3C(=O)C(O)(CCO)C(O)c4ncc(Cl)cc43)CC2)c(F)c1. The number of aromatic nitrogens is 1. The average molecular weight is 642 g/mol. The van der Waals surface area contributed by atoms with Crippen molar-refractivity contribution in [3.8, 4) is 16.9 Å². The van der Waals surface area contributed by atoms with Gasteiger partial charge in [0.1, 0.15) is 23.8 Å². The van der Waals surface area contributed by atoms with E-state index in [9.17, 15) is 29.7 Å². The molecule has 2 aliphatic rings. The standard InChI is InChI=1S/C32H33ClFN3O8/c1-18(14-27(39)40)45-26-5-3-2-4-22(26)19-6-7-23(24(34)15-19)30(42)36-11-8-21(9-12-36)37-25-16-20(33)17-35-28(25)29(41)32(44,10-13-38)31(37)43/h2-7,15-18,21,29,38,41,44H,8-14H2,1H3,(H,39,40)/t18-,29?,32?/m1/s1. The van der Waals surface area contributed by atoms with E-state index in [1.165, 1.54) is 34.2 Å². The van der Waals surface area contributed by atoms with Gasteiger partial charge in [0.2, 0.25) is 0 Å². The number of pyridine rings is 1. The number of rotatable bonds is 9. The monoisotopic (exact) mass is 641 g/mol. The Bertz CT molecular complexity index is 1610. The molecule has 238 valence electrons. The number of carboxylic acids is 1. The number of carbonyl (C=O) groups is 3. The van der Waals surface area contributed by atoms with Crippen molar-refractivity contribution in [2.75, 3.05) is 24.6 Å². The van der Waals surface area contributed by atoms with E-state index in [2.05, 4.69) is 4.98 Å². The lowest BCUT2D eigenvalue weighted by Crippen LogP contribution is -2.61. The molecule has 2 aliphatic heterocycles. The number of likely N-dealkylation sites (tertiary alicyclic amines) is 1. The maximum atomic E-state index is 15.4. The molecule has 2 amide bonds. The highest BCUT2D eigenvalue weighted by atomic mass is 35.5. The van der Waals surface area contributed by atoms with Crippen LogP contribution in [0, 0.1) is 5.82 Å². The van der Waals surface area contributed by atoms with Crippen molar-refractivity contribution in [3.05, 3.63) is 76.8 Å². The van der Waals surface area contributed by atoms with Gasteiger partial charge in [-0.1, -0.05) is 35.9 Å². The van der Waals surface area contributed by atoms with Crippen molar-refractivity contribution in [1.29, 1.82) is 0 Å². The predicted octanol–water partition coefficient (Wildman–Crippen LogP) is 3.58. The number of hydrogen-bond donors (Lipinski definition) is 4. The quantitative estimate of drug-likeness (QED) is 0.274. The maximum Gasteiger partial charge on any atom is 0.307 e. The smallest absolute Gasteiger partial charge is 0.307 e. The number of amides is 2. The number of aliphatic carboxylic acids is 1. The summed E-state index contributed by atoms with van der Waals surface area (Å²) in [7, 11) is 0. The van der Waals surface area contributed by atoms with Crippen LogP contribution in [0.25, 0.3) is 11.1 Å². The summed E-state index contributed by atoms with van der Waals surface area (Å²) in [6, 6.07) is 12.1. The van der Waals surface area contributed by atoms with E-state index in [1.54, 1.807) is 37.3 Å². The molecule has 0 aliphatic carbocycles. The number of benzene rings is 2. The number of carboxylic acid groups (broad SMARTS) is 1. The van der Waals surface area contributed by atoms with Crippen molar-refractivity contribution in [2.24, 2.45) is 0 Å². The fraction of sp³-hybridized carbons (Fsp3) is 0.375.